The van der Waals surface area contributed by atoms with Crippen LogP contribution in [0.25, 0.3) is 0 Å². The van der Waals surface area contributed by atoms with Crippen LogP contribution >= 0.6 is 0 Å². The topological polar surface area (TPSA) is 81.5 Å². The molecule has 6 nitrogen and oxygen atoms in total. The lowest BCUT2D eigenvalue weighted by Gasteiger charge is -2.16. The molecule has 1 N–H and O–H groups in total. The lowest BCUT2D eigenvalue weighted by Crippen LogP contribution is -2.30. The summed E-state index contributed by atoms with van der Waals surface area (Å²) in [6, 6.07) is 10.2. The Morgan fingerprint density at radius 2 is 1.83 bits per heavy atom. The molecule has 24 heavy (non-hydrogen) atoms. The number of hydrogen-bond donors (Lipinski definition) is 1. The Hall–Kier alpha value is -2.89. The number of amides is 1. The Morgan fingerprint density at radius 3 is 2.46 bits per heavy atom. The number of carbonyl (C=O) groups is 1. The molecule has 0 aliphatic rings. The van der Waals surface area contributed by atoms with Crippen molar-refractivity contribution in [3.8, 4) is 5.75 Å². The quantitative estimate of drug-likeness (QED) is 0.666. The van der Waals surface area contributed by atoms with E-state index in [0.717, 1.165) is 16.8 Å². The van der Waals surface area contributed by atoms with E-state index in [4.69, 9.17) is 4.74 Å². The number of anilines is 1. The Bertz CT molecular complexity index is 787. The molecular formula is C18H20N2O4. The first kappa shape index (κ1) is 17.5. The minimum atomic E-state index is -0.731. The average Bonchev–Trinajstić information content (AvgIpc) is 2.50. The second kappa shape index (κ2) is 7.12. The highest BCUT2D eigenvalue weighted by molar-refractivity contribution is 5.94. The Morgan fingerprint density at radius 1 is 1.12 bits per heavy atom. The van der Waals surface area contributed by atoms with E-state index in [-0.39, 0.29) is 11.6 Å². The van der Waals surface area contributed by atoms with Crippen LogP contribution in [-0.4, -0.2) is 16.9 Å². The van der Waals surface area contributed by atoms with E-state index in [9.17, 15) is 14.9 Å². The van der Waals surface area contributed by atoms with Gasteiger partial charge in [-0.25, -0.2) is 0 Å². The maximum atomic E-state index is 12.3. The van der Waals surface area contributed by atoms with Gasteiger partial charge in [0.15, 0.2) is 6.10 Å². The predicted molar refractivity (Wildman–Crippen MR) is 92.5 cm³/mol. The van der Waals surface area contributed by atoms with Gasteiger partial charge in [0.1, 0.15) is 5.75 Å². The van der Waals surface area contributed by atoms with Gasteiger partial charge in [-0.1, -0.05) is 12.1 Å². The summed E-state index contributed by atoms with van der Waals surface area (Å²) in [5, 5.41) is 13.7. The molecule has 1 atom stereocenters. The molecule has 0 spiro atoms. The molecule has 1 amide bonds. The summed E-state index contributed by atoms with van der Waals surface area (Å²) in [6.45, 7) is 7.14. The third-order valence-corrected chi connectivity index (χ3v) is 3.70. The van der Waals surface area contributed by atoms with Gasteiger partial charge in [0.05, 0.1) is 4.92 Å². The number of hydrogen-bond acceptors (Lipinski definition) is 4. The van der Waals surface area contributed by atoms with Crippen LogP contribution in [0.2, 0.25) is 0 Å². The highest BCUT2D eigenvalue weighted by atomic mass is 16.6. The fourth-order valence-corrected chi connectivity index (χ4v) is 2.27. The van der Waals surface area contributed by atoms with Gasteiger partial charge in [-0.2, -0.15) is 0 Å². The van der Waals surface area contributed by atoms with Gasteiger partial charge < -0.3 is 10.1 Å². The minimum absolute atomic E-state index is 0.0230. The molecule has 0 saturated carbocycles. The van der Waals surface area contributed by atoms with Crippen molar-refractivity contribution >= 4 is 17.3 Å². The second-order valence-electron chi connectivity index (χ2n) is 5.77. The summed E-state index contributed by atoms with van der Waals surface area (Å²) < 4.78 is 5.60. The fourth-order valence-electron chi connectivity index (χ4n) is 2.27. The summed E-state index contributed by atoms with van der Waals surface area (Å²) in [4.78, 5) is 22.7. The summed E-state index contributed by atoms with van der Waals surface area (Å²) in [5.74, 6) is 0.140. The van der Waals surface area contributed by atoms with Crippen LogP contribution in [0.1, 0.15) is 23.6 Å². The molecule has 0 bridgehead atoms. The summed E-state index contributed by atoms with van der Waals surface area (Å²) in [5.41, 5.74) is 3.27. The molecule has 0 heterocycles. The molecule has 0 unspecified atom stereocenters. The first-order valence-electron chi connectivity index (χ1n) is 7.57. The van der Waals surface area contributed by atoms with Crippen LogP contribution in [0, 0.1) is 30.9 Å². The highest BCUT2D eigenvalue weighted by Gasteiger charge is 2.17. The van der Waals surface area contributed by atoms with E-state index in [1.54, 1.807) is 19.9 Å². The first-order chi connectivity index (χ1) is 11.3. The van der Waals surface area contributed by atoms with E-state index >= 15 is 0 Å². The van der Waals surface area contributed by atoms with Gasteiger partial charge in [-0.05, 0) is 57.0 Å². The van der Waals surface area contributed by atoms with Crippen molar-refractivity contribution in [3.63, 3.8) is 0 Å². The highest BCUT2D eigenvalue weighted by Crippen LogP contribution is 2.24. The number of ether oxygens (including phenoxy) is 1. The van der Waals surface area contributed by atoms with E-state index in [1.165, 1.54) is 12.1 Å². The van der Waals surface area contributed by atoms with E-state index in [1.807, 2.05) is 32.0 Å². The maximum Gasteiger partial charge on any atom is 0.272 e. The third kappa shape index (κ3) is 4.10. The zero-order chi connectivity index (χ0) is 17.9. The van der Waals surface area contributed by atoms with Crippen molar-refractivity contribution in [2.45, 2.75) is 33.8 Å². The van der Waals surface area contributed by atoms with Crippen LogP contribution < -0.4 is 10.1 Å². The summed E-state index contributed by atoms with van der Waals surface area (Å²) in [6.07, 6.45) is -0.731. The molecule has 2 aromatic rings. The largest absolute Gasteiger partial charge is 0.481 e. The first-order valence-corrected chi connectivity index (χ1v) is 7.57. The molecule has 6 heteroatoms. The van der Waals surface area contributed by atoms with Gasteiger partial charge in [-0.15, -0.1) is 0 Å². The number of nitrogens with zero attached hydrogens (tertiary/aromatic N) is 1. The molecular weight excluding hydrogens is 308 g/mol. The summed E-state index contributed by atoms with van der Waals surface area (Å²) in [7, 11) is 0. The van der Waals surface area contributed by atoms with Crippen molar-refractivity contribution < 1.29 is 14.5 Å². The predicted octanol–water partition coefficient (Wildman–Crippen LogP) is 3.93. The van der Waals surface area contributed by atoms with Gasteiger partial charge in [0.25, 0.3) is 11.6 Å². The number of rotatable bonds is 5. The van der Waals surface area contributed by atoms with Gasteiger partial charge in [0.2, 0.25) is 0 Å². The number of nitrogens with one attached hydrogen (secondary N) is 1. The zero-order valence-electron chi connectivity index (χ0n) is 14.1. The molecule has 0 radical (unpaired) electrons. The summed E-state index contributed by atoms with van der Waals surface area (Å²) >= 11 is 0. The molecule has 126 valence electrons. The van der Waals surface area contributed by atoms with Gasteiger partial charge in [0, 0.05) is 17.3 Å². The van der Waals surface area contributed by atoms with Crippen LogP contribution in [0.3, 0.4) is 0 Å². The van der Waals surface area contributed by atoms with Crippen LogP contribution in [0.15, 0.2) is 36.4 Å². The van der Waals surface area contributed by atoms with Crippen molar-refractivity contribution in [3.05, 3.63) is 63.2 Å². The second-order valence-corrected chi connectivity index (χ2v) is 5.77. The Balaban J connectivity index is 2.07. The minimum Gasteiger partial charge on any atom is -0.481 e. The number of benzene rings is 2. The molecule has 0 aliphatic carbocycles. The standard InChI is InChI=1S/C18H20N2O4/c1-11-5-6-12(2)16(9-11)19-18(21)14(4)24-15-7-8-17(20(22)23)13(3)10-15/h5-10,14H,1-4H3,(H,19,21)/t14-/m1/s1. The fraction of sp³-hybridized carbons (Fsp3) is 0.278. The van der Waals surface area contributed by atoms with Crippen molar-refractivity contribution in [1.29, 1.82) is 0 Å². The average molecular weight is 328 g/mol. The molecule has 0 fully saturated rings. The van der Waals surface area contributed by atoms with Crippen LogP contribution in [-0.2, 0) is 4.79 Å². The third-order valence-electron chi connectivity index (χ3n) is 3.70. The lowest BCUT2D eigenvalue weighted by atomic mass is 10.1. The van der Waals surface area contributed by atoms with Gasteiger partial charge in [-0.3, -0.25) is 14.9 Å². The number of carbonyl (C=O) groups excluding carboxylic acids is 1. The molecule has 0 saturated heterocycles. The van der Waals surface area contributed by atoms with Crippen molar-refractivity contribution in [1.82, 2.24) is 0 Å². The monoisotopic (exact) mass is 328 g/mol. The molecule has 0 aliphatic heterocycles. The van der Waals surface area contributed by atoms with Gasteiger partial charge >= 0.3 is 0 Å². The van der Waals surface area contributed by atoms with E-state index in [2.05, 4.69) is 5.32 Å². The molecule has 2 rings (SSSR count). The number of nitro groups is 1. The Labute approximate surface area is 140 Å². The molecule has 0 aromatic heterocycles. The van der Waals surface area contributed by atoms with Crippen molar-refractivity contribution in [2.24, 2.45) is 0 Å². The van der Waals surface area contributed by atoms with E-state index < -0.39 is 11.0 Å². The SMILES string of the molecule is Cc1ccc(C)c(NC(=O)[C@@H](C)Oc2ccc([N+](=O)[O-])c(C)c2)c1. The normalized spacial score (nSPS) is 11.7. The lowest BCUT2D eigenvalue weighted by molar-refractivity contribution is -0.385. The van der Waals surface area contributed by atoms with E-state index in [0.29, 0.717) is 11.3 Å². The molecule has 2 aromatic carbocycles. The van der Waals surface area contributed by atoms with Crippen molar-refractivity contribution in [2.75, 3.05) is 5.32 Å². The number of nitro benzene ring substituents is 1. The van der Waals surface area contributed by atoms with Crippen LogP contribution in [0.4, 0.5) is 11.4 Å². The smallest absolute Gasteiger partial charge is 0.272 e. The Kier molecular flexibility index (Phi) is 5.18. The number of aryl methyl sites for hydroxylation is 3. The zero-order valence-corrected chi connectivity index (χ0v) is 14.1. The van der Waals surface area contributed by atoms with Crippen LogP contribution in [0.5, 0.6) is 5.75 Å². The maximum absolute atomic E-state index is 12.3.